The highest BCUT2D eigenvalue weighted by atomic mass is 127. The van der Waals surface area contributed by atoms with Crippen molar-refractivity contribution in [3.63, 3.8) is 0 Å². The molecule has 3 N–H and O–H groups in total. The van der Waals surface area contributed by atoms with E-state index in [9.17, 15) is 8.42 Å². The minimum atomic E-state index is -3.40. The van der Waals surface area contributed by atoms with E-state index in [0.717, 1.165) is 18.1 Å². The summed E-state index contributed by atoms with van der Waals surface area (Å²) in [5.41, 5.74) is 0.984. The molecule has 1 saturated carbocycles. The van der Waals surface area contributed by atoms with Crippen LogP contribution >= 0.6 is 35.7 Å². The minimum absolute atomic E-state index is 0. The summed E-state index contributed by atoms with van der Waals surface area (Å²) in [5, 5.41) is 6.71. The molecular weight excluding hydrogens is 519 g/mol. The third-order valence-electron chi connectivity index (χ3n) is 4.65. The van der Waals surface area contributed by atoms with Gasteiger partial charge in [-0.25, -0.2) is 13.1 Å². The Morgan fingerprint density at radius 1 is 1.07 bits per heavy atom. The number of halogens is 1. The number of nitrogens with zero attached hydrogens (tertiary/aromatic N) is 1. The fourth-order valence-electron chi connectivity index (χ4n) is 2.75. The molecule has 0 bridgehead atoms. The fraction of sp³-hybridized carbons (Fsp3) is 0.350. The van der Waals surface area contributed by atoms with Crippen molar-refractivity contribution >= 4 is 51.7 Å². The van der Waals surface area contributed by atoms with Gasteiger partial charge in [0.05, 0.1) is 4.90 Å². The number of aliphatic imine (C=N–C) groups is 1. The maximum absolute atomic E-state index is 11.8. The van der Waals surface area contributed by atoms with Crippen LogP contribution in [0.3, 0.4) is 0 Å². The minimum Gasteiger partial charge on any atom is -0.355 e. The maximum Gasteiger partial charge on any atom is 0.240 e. The van der Waals surface area contributed by atoms with Crippen molar-refractivity contribution in [1.82, 2.24) is 15.4 Å². The van der Waals surface area contributed by atoms with Crippen molar-refractivity contribution in [2.24, 2.45) is 4.99 Å². The number of nitrogens with one attached hydrogen (secondary N) is 3. The Kier molecular flexibility index (Phi) is 8.80. The van der Waals surface area contributed by atoms with Gasteiger partial charge in [-0.15, -0.1) is 35.7 Å². The summed E-state index contributed by atoms with van der Waals surface area (Å²) in [6, 6.07) is 17.3. The molecule has 1 aliphatic rings. The van der Waals surface area contributed by atoms with Gasteiger partial charge in [0.2, 0.25) is 10.0 Å². The van der Waals surface area contributed by atoms with Crippen molar-refractivity contribution < 1.29 is 8.42 Å². The molecule has 9 heteroatoms. The van der Waals surface area contributed by atoms with Crippen molar-refractivity contribution in [3.05, 3.63) is 60.2 Å². The second-order valence-electron chi connectivity index (χ2n) is 6.73. The molecule has 2 aromatic rings. The molecule has 0 aliphatic heterocycles. The quantitative estimate of drug-likeness (QED) is 0.269. The van der Waals surface area contributed by atoms with Gasteiger partial charge in [-0.3, -0.25) is 4.99 Å². The lowest BCUT2D eigenvalue weighted by molar-refractivity contribution is 0.588. The molecule has 0 saturated heterocycles. The van der Waals surface area contributed by atoms with E-state index in [4.69, 9.17) is 0 Å². The highest BCUT2D eigenvalue weighted by Gasteiger charge is 2.43. The molecule has 0 radical (unpaired) electrons. The fourth-order valence-corrected chi connectivity index (χ4v) is 4.72. The average molecular weight is 547 g/mol. The molecular formula is C20H27IN4O2S2. The van der Waals surface area contributed by atoms with Crippen LogP contribution in [0.2, 0.25) is 0 Å². The second kappa shape index (κ2) is 10.6. The average Bonchev–Trinajstić information content (AvgIpc) is 3.48. The molecule has 0 unspecified atom stereocenters. The molecule has 0 atom stereocenters. The number of hydrogen-bond acceptors (Lipinski definition) is 4. The van der Waals surface area contributed by atoms with Crippen molar-refractivity contribution in [1.29, 1.82) is 0 Å². The number of sulfonamides is 1. The zero-order valence-electron chi connectivity index (χ0n) is 16.5. The van der Waals surface area contributed by atoms with Crippen LogP contribution in [0.5, 0.6) is 0 Å². The Labute approximate surface area is 194 Å². The van der Waals surface area contributed by atoms with Crippen LogP contribution in [0.15, 0.2) is 69.4 Å². The Morgan fingerprint density at radius 3 is 2.28 bits per heavy atom. The van der Waals surface area contributed by atoms with Gasteiger partial charge < -0.3 is 10.6 Å². The van der Waals surface area contributed by atoms with Crippen LogP contribution < -0.4 is 15.4 Å². The van der Waals surface area contributed by atoms with Gasteiger partial charge in [-0.05, 0) is 49.7 Å². The molecule has 0 heterocycles. The van der Waals surface area contributed by atoms with Crippen LogP contribution in [0.25, 0.3) is 0 Å². The van der Waals surface area contributed by atoms with Crippen LogP contribution in [-0.4, -0.2) is 39.8 Å². The third kappa shape index (κ3) is 6.87. The van der Waals surface area contributed by atoms with E-state index in [-0.39, 0.29) is 33.6 Å². The summed E-state index contributed by atoms with van der Waals surface area (Å²) in [7, 11) is -0.246. The highest BCUT2D eigenvalue weighted by Crippen LogP contribution is 2.51. The Bertz CT molecular complexity index is 915. The number of hydrogen-bond donors (Lipinski definition) is 3. The first-order chi connectivity index (χ1) is 13.5. The van der Waals surface area contributed by atoms with E-state index in [2.05, 4.69) is 44.6 Å². The lowest BCUT2D eigenvalue weighted by Gasteiger charge is -2.18. The molecule has 0 aromatic heterocycles. The summed E-state index contributed by atoms with van der Waals surface area (Å²) in [6.45, 7) is 1.42. The van der Waals surface area contributed by atoms with Gasteiger partial charge in [0, 0.05) is 29.8 Å². The molecule has 29 heavy (non-hydrogen) atoms. The zero-order valence-corrected chi connectivity index (χ0v) is 20.5. The molecule has 1 fully saturated rings. The van der Waals surface area contributed by atoms with Gasteiger partial charge >= 0.3 is 0 Å². The van der Waals surface area contributed by atoms with E-state index in [1.807, 2.05) is 17.8 Å². The number of guanidine groups is 1. The van der Waals surface area contributed by atoms with E-state index in [0.29, 0.717) is 6.54 Å². The van der Waals surface area contributed by atoms with Crippen LogP contribution in [0.4, 0.5) is 0 Å². The molecule has 2 aromatic carbocycles. The lowest BCUT2D eigenvalue weighted by atomic mass is 10.2. The molecule has 0 spiro atoms. The largest absolute Gasteiger partial charge is 0.355 e. The van der Waals surface area contributed by atoms with Crippen molar-refractivity contribution in [2.75, 3.05) is 20.6 Å². The molecule has 158 valence electrons. The van der Waals surface area contributed by atoms with E-state index < -0.39 is 10.0 Å². The first kappa shape index (κ1) is 24.0. The van der Waals surface area contributed by atoms with Gasteiger partial charge in [-0.1, -0.05) is 30.3 Å². The van der Waals surface area contributed by atoms with E-state index in [1.165, 1.54) is 24.8 Å². The van der Waals surface area contributed by atoms with Gasteiger partial charge in [0.15, 0.2) is 5.96 Å². The zero-order chi connectivity index (χ0) is 20.0. The van der Waals surface area contributed by atoms with E-state index in [1.54, 1.807) is 31.3 Å². The first-order valence-electron chi connectivity index (χ1n) is 9.17. The number of benzene rings is 2. The smallest absolute Gasteiger partial charge is 0.240 e. The van der Waals surface area contributed by atoms with E-state index >= 15 is 0 Å². The lowest BCUT2D eigenvalue weighted by Crippen LogP contribution is -2.40. The Morgan fingerprint density at radius 2 is 1.72 bits per heavy atom. The molecule has 0 amide bonds. The standard InChI is InChI=1S/C20H26N4O2S2.HI/c1-21-19(23-14-16-8-10-18(11-9-16)28(25,26)22-2)24-15-20(12-13-20)27-17-6-4-3-5-7-17;/h3-11,22H,12-15H2,1-2H3,(H2,21,23,24);1H. The normalized spacial score (nSPS) is 15.3. The number of thioether (sulfide) groups is 1. The van der Waals surface area contributed by atoms with Crippen LogP contribution in [0, 0.1) is 0 Å². The molecule has 6 nitrogen and oxygen atoms in total. The molecule has 3 rings (SSSR count). The summed E-state index contributed by atoms with van der Waals surface area (Å²) < 4.78 is 26.1. The van der Waals surface area contributed by atoms with Crippen molar-refractivity contribution in [3.8, 4) is 0 Å². The first-order valence-corrected chi connectivity index (χ1v) is 11.5. The number of rotatable bonds is 8. The predicted molar refractivity (Wildman–Crippen MR) is 131 cm³/mol. The summed E-state index contributed by atoms with van der Waals surface area (Å²) in [4.78, 5) is 5.84. The monoisotopic (exact) mass is 546 g/mol. The highest BCUT2D eigenvalue weighted by molar-refractivity contribution is 14.0. The van der Waals surface area contributed by atoms with Gasteiger partial charge in [0.1, 0.15) is 0 Å². The summed E-state index contributed by atoms with van der Waals surface area (Å²) in [5.74, 6) is 0.742. The second-order valence-corrected chi connectivity index (χ2v) is 10.2. The maximum atomic E-state index is 11.8. The SMILES string of the molecule is CN=C(NCc1ccc(S(=O)(=O)NC)cc1)NCC1(Sc2ccccc2)CC1.I. The van der Waals surface area contributed by atoms with Gasteiger partial charge in [-0.2, -0.15) is 0 Å². The summed E-state index contributed by atoms with van der Waals surface area (Å²) >= 11 is 1.92. The van der Waals surface area contributed by atoms with Crippen molar-refractivity contribution in [2.45, 2.75) is 33.9 Å². The van der Waals surface area contributed by atoms with Crippen LogP contribution in [0.1, 0.15) is 18.4 Å². The Hall–Kier alpha value is -1.30. The molecule has 1 aliphatic carbocycles. The van der Waals surface area contributed by atoms with Crippen LogP contribution in [-0.2, 0) is 16.6 Å². The topological polar surface area (TPSA) is 82.6 Å². The predicted octanol–water partition coefficient (Wildman–Crippen LogP) is 3.20. The summed E-state index contributed by atoms with van der Waals surface area (Å²) in [6.07, 6.45) is 2.38. The van der Waals surface area contributed by atoms with Gasteiger partial charge in [0.25, 0.3) is 0 Å². The third-order valence-corrected chi connectivity index (χ3v) is 7.57. The Balaban J connectivity index is 0.00000300.